The van der Waals surface area contributed by atoms with Crippen molar-refractivity contribution < 1.29 is 4.79 Å². The molecule has 1 aromatic heterocycles. The monoisotopic (exact) mass is 209 g/mol. The highest BCUT2D eigenvalue weighted by molar-refractivity contribution is 5.85. The third-order valence-electron chi connectivity index (χ3n) is 2.75. The number of hydrogen-bond donors (Lipinski definition) is 1. The Bertz CT molecular complexity index is 315. The highest BCUT2D eigenvalue weighted by Crippen LogP contribution is 2.15. The molecular formula is C9H15N5O. The van der Waals surface area contributed by atoms with E-state index in [-0.39, 0.29) is 11.8 Å². The number of hydrogen-bond acceptors (Lipinski definition) is 4. The first-order valence-corrected chi connectivity index (χ1v) is 5.10. The molecule has 0 aliphatic carbocycles. The molecule has 82 valence electrons. The number of amides is 1. The van der Waals surface area contributed by atoms with Gasteiger partial charge in [0.25, 0.3) is 0 Å². The third-order valence-corrected chi connectivity index (χ3v) is 2.75. The molecule has 1 aliphatic heterocycles. The number of likely N-dealkylation sites (tertiary alicyclic amines) is 1. The van der Waals surface area contributed by atoms with Gasteiger partial charge >= 0.3 is 0 Å². The fourth-order valence-electron chi connectivity index (χ4n) is 1.75. The molecule has 0 radical (unpaired) electrons. The smallest absolute Gasteiger partial charge is 0.242 e. The molecule has 1 aliphatic rings. The van der Waals surface area contributed by atoms with Crippen molar-refractivity contribution in [1.29, 1.82) is 0 Å². The zero-order valence-electron chi connectivity index (χ0n) is 8.76. The maximum absolute atomic E-state index is 11.8. The fraction of sp³-hybridized carbons (Fsp3) is 0.667. The summed E-state index contributed by atoms with van der Waals surface area (Å²) in [6, 6.07) is 0. The molecule has 1 amide bonds. The van der Waals surface area contributed by atoms with Crippen LogP contribution in [0, 0.1) is 5.92 Å². The molecule has 2 rings (SSSR count). The molecule has 1 fully saturated rings. The summed E-state index contributed by atoms with van der Waals surface area (Å²) in [5.41, 5.74) is 2.74. The van der Waals surface area contributed by atoms with E-state index >= 15 is 0 Å². The predicted octanol–water partition coefficient (Wildman–Crippen LogP) is -0.310. The number of piperidine rings is 1. The molecule has 0 unspecified atom stereocenters. The van der Waals surface area contributed by atoms with Crippen LogP contribution in [0.15, 0.2) is 12.7 Å². The van der Waals surface area contributed by atoms with E-state index in [4.69, 9.17) is 0 Å². The van der Waals surface area contributed by atoms with Crippen molar-refractivity contribution in [3.63, 3.8) is 0 Å². The summed E-state index contributed by atoms with van der Waals surface area (Å²) >= 11 is 0. The number of carbonyl (C=O) groups is 1. The van der Waals surface area contributed by atoms with Gasteiger partial charge in [0.1, 0.15) is 12.7 Å². The highest BCUT2D eigenvalue weighted by Gasteiger charge is 2.23. The molecule has 1 aromatic rings. The maximum atomic E-state index is 11.8. The Kier molecular flexibility index (Phi) is 2.96. The average molecular weight is 209 g/mol. The summed E-state index contributed by atoms with van der Waals surface area (Å²) in [5, 5.41) is 7.24. The second kappa shape index (κ2) is 4.39. The van der Waals surface area contributed by atoms with Crippen molar-refractivity contribution >= 4 is 5.91 Å². The second-order valence-electron chi connectivity index (χ2n) is 3.92. The second-order valence-corrected chi connectivity index (χ2v) is 3.92. The Morgan fingerprint density at radius 2 is 1.93 bits per heavy atom. The van der Waals surface area contributed by atoms with Gasteiger partial charge in [0, 0.05) is 5.92 Å². The minimum Gasteiger partial charge on any atom is -0.306 e. The summed E-state index contributed by atoms with van der Waals surface area (Å²) < 4.78 is 1.49. The quantitative estimate of drug-likeness (QED) is 0.725. The zero-order chi connectivity index (χ0) is 10.7. The minimum absolute atomic E-state index is 0.0582. The molecule has 15 heavy (non-hydrogen) atoms. The van der Waals surface area contributed by atoms with Crippen LogP contribution in [0.5, 0.6) is 0 Å². The summed E-state index contributed by atoms with van der Waals surface area (Å²) in [4.78, 5) is 14.0. The van der Waals surface area contributed by atoms with Gasteiger partial charge in [0.05, 0.1) is 0 Å². The molecule has 6 heteroatoms. The average Bonchev–Trinajstić information content (AvgIpc) is 2.71. The van der Waals surface area contributed by atoms with Gasteiger partial charge in [0.2, 0.25) is 5.91 Å². The number of carbonyl (C=O) groups excluding carboxylic acids is 1. The van der Waals surface area contributed by atoms with E-state index in [1.807, 2.05) is 0 Å². The van der Waals surface area contributed by atoms with E-state index in [9.17, 15) is 4.79 Å². The zero-order valence-corrected chi connectivity index (χ0v) is 8.76. The lowest BCUT2D eigenvalue weighted by molar-refractivity contribution is -0.122. The van der Waals surface area contributed by atoms with Crippen LogP contribution in [0.4, 0.5) is 0 Å². The third kappa shape index (κ3) is 2.53. The van der Waals surface area contributed by atoms with Crippen molar-refractivity contribution in [3.05, 3.63) is 12.7 Å². The van der Waals surface area contributed by atoms with E-state index < -0.39 is 0 Å². The SMILES string of the molecule is CN1CCC(C(=O)Nn2cnnc2)CC1. The van der Waals surface area contributed by atoms with Gasteiger partial charge in [-0.2, -0.15) is 0 Å². The normalized spacial score (nSPS) is 19.0. The summed E-state index contributed by atoms with van der Waals surface area (Å²) in [7, 11) is 2.08. The molecule has 0 spiro atoms. The van der Waals surface area contributed by atoms with E-state index in [0.717, 1.165) is 25.9 Å². The number of aromatic nitrogens is 3. The van der Waals surface area contributed by atoms with Gasteiger partial charge in [0.15, 0.2) is 0 Å². The molecule has 0 atom stereocenters. The molecule has 0 aromatic carbocycles. The Balaban J connectivity index is 1.86. The van der Waals surface area contributed by atoms with Crippen molar-refractivity contribution in [1.82, 2.24) is 19.8 Å². The van der Waals surface area contributed by atoms with Gasteiger partial charge < -0.3 is 4.90 Å². The molecule has 1 saturated heterocycles. The first-order chi connectivity index (χ1) is 7.25. The van der Waals surface area contributed by atoms with E-state index in [2.05, 4.69) is 27.6 Å². The largest absolute Gasteiger partial charge is 0.306 e. The number of rotatable bonds is 2. The lowest BCUT2D eigenvalue weighted by Gasteiger charge is -2.27. The van der Waals surface area contributed by atoms with Crippen LogP contribution < -0.4 is 5.43 Å². The van der Waals surface area contributed by atoms with Gasteiger partial charge in [-0.1, -0.05) is 0 Å². The van der Waals surface area contributed by atoms with E-state index in [1.165, 1.54) is 17.3 Å². The van der Waals surface area contributed by atoms with Gasteiger partial charge in [-0.15, -0.1) is 10.2 Å². The molecular weight excluding hydrogens is 194 g/mol. The van der Waals surface area contributed by atoms with Crippen molar-refractivity contribution in [2.45, 2.75) is 12.8 Å². The summed E-state index contributed by atoms with van der Waals surface area (Å²) in [6.45, 7) is 1.97. The van der Waals surface area contributed by atoms with Gasteiger partial charge in [-0.3, -0.25) is 10.2 Å². The Labute approximate surface area is 88.2 Å². The van der Waals surface area contributed by atoms with Crippen LogP contribution in [0.25, 0.3) is 0 Å². The molecule has 1 N–H and O–H groups in total. The van der Waals surface area contributed by atoms with E-state index in [1.54, 1.807) is 0 Å². The first kappa shape index (κ1) is 10.1. The highest BCUT2D eigenvalue weighted by atomic mass is 16.2. The summed E-state index contributed by atoms with van der Waals surface area (Å²) in [5.74, 6) is 0.173. The van der Waals surface area contributed by atoms with Crippen LogP contribution in [0.2, 0.25) is 0 Å². The van der Waals surface area contributed by atoms with Crippen LogP contribution >= 0.6 is 0 Å². The lowest BCUT2D eigenvalue weighted by atomic mass is 9.97. The predicted molar refractivity (Wildman–Crippen MR) is 54.6 cm³/mol. The molecule has 2 heterocycles. The maximum Gasteiger partial charge on any atom is 0.242 e. The van der Waals surface area contributed by atoms with Crippen molar-refractivity contribution in [2.24, 2.45) is 5.92 Å². The van der Waals surface area contributed by atoms with Crippen LogP contribution in [-0.2, 0) is 4.79 Å². The summed E-state index contributed by atoms with van der Waals surface area (Å²) in [6.07, 6.45) is 4.80. The topological polar surface area (TPSA) is 63.1 Å². The van der Waals surface area contributed by atoms with Gasteiger partial charge in [-0.05, 0) is 33.0 Å². The van der Waals surface area contributed by atoms with Crippen molar-refractivity contribution in [3.8, 4) is 0 Å². The first-order valence-electron chi connectivity index (χ1n) is 5.10. The van der Waals surface area contributed by atoms with Crippen LogP contribution in [-0.4, -0.2) is 45.8 Å². The standard InChI is InChI=1S/C9H15N5O/c1-13-4-2-8(3-5-13)9(15)12-14-6-10-11-7-14/h6-8H,2-5H2,1H3,(H,12,15). The number of nitrogens with one attached hydrogen (secondary N) is 1. The molecule has 6 nitrogen and oxygen atoms in total. The van der Waals surface area contributed by atoms with Crippen LogP contribution in [0.1, 0.15) is 12.8 Å². The Hall–Kier alpha value is -1.43. The van der Waals surface area contributed by atoms with Crippen LogP contribution in [0.3, 0.4) is 0 Å². The lowest BCUT2D eigenvalue weighted by Crippen LogP contribution is -2.37. The van der Waals surface area contributed by atoms with Gasteiger partial charge in [-0.25, -0.2) is 4.68 Å². The van der Waals surface area contributed by atoms with Crippen molar-refractivity contribution in [2.75, 3.05) is 25.6 Å². The molecule has 0 bridgehead atoms. The fourth-order valence-corrected chi connectivity index (χ4v) is 1.75. The molecule has 0 saturated carbocycles. The number of nitrogens with zero attached hydrogens (tertiary/aromatic N) is 4. The van der Waals surface area contributed by atoms with E-state index in [0.29, 0.717) is 0 Å². The Morgan fingerprint density at radius 1 is 1.33 bits per heavy atom. The minimum atomic E-state index is 0.0582. The Morgan fingerprint density at radius 3 is 2.53 bits per heavy atom.